The number of thiophene rings is 1. The number of nitrogens with zero attached hydrogens (tertiary/aromatic N) is 2. The van der Waals surface area contributed by atoms with Gasteiger partial charge >= 0.3 is 0 Å². The van der Waals surface area contributed by atoms with Crippen LogP contribution in [0.5, 0.6) is 0 Å². The van der Waals surface area contributed by atoms with Crippen molar-refractivity contribution in [3.8, 4) is 6.07 Å². The molecule has 0 unspecified atom stereocenters. The van der Waals surface area contributed by atoms with Crippen molar-refractivity contribution >= 4 is 17.2 Å². The number of rotatable bonds is 7. The molecule has 0 spiro atoms. The zero-order valence-corrected chi connectivity index (χ0v) is 11.6. The summed E-state index contributed by atoms with van der Waals surface area (Å²) in [5.74, 6) is 0.00847. The number of hydrogen-bond donors (Lipinski definition) is 0. The molecule has 1 amide bonds. The number of nitriles is 1. The summed E-state index contributed by atoms with van der Waals surface area (Å²) in [7, 11) is 1.61. The van der Waals surface area contributed by atoms with Gasteiger partial charge in [0.1, 0.15) is 0 Å². The lowest BCUT2D eigenvalue weighted by molar-refractivity contribution is 0.0703. The Morgan fingerprint density at radius 2 is 2.33 bits per heavy atom. The highest BCUT2D eigenvalue weighted by Gasteiger charge is 2.19. The highest BCUT2D eigenvalue weighted by Crippen LogP contribution is 2.19. The van der Waals surface area contributed by atoms with Crippen molar-refractivity contribution in [3.63, 3.8) is 0 Å². The molecule has 1 aromatic heterocycles. The normalized spacial score (nSPS) is 10.1. The zero-order chi connectivity index (χ0) is 13.4. The Morgan fingerprint density at radius 3 is 2.94 bits per heavy atom. The van der Waals surface area contributed by atoms with Crippen LogP contribution in [-0.2, 0) is 11.2 Å². The molecule has 0 aromatic carbocycles. The number of aryl methyl sites for hydroxylation is 1. The van der Waals surface area contributed by atoms with Gasteiger partial charge in [-0.05, 0) is 23.4 Å². The van der Waals surface area contributed by atoms with Crippen LogP contribution in [0.2, 0.25) is 0 Å². The zero-order valence-electron chi connectivity index (χ0n) is 10.8. The molecule has 1 aromatic rings. The van der Waals surface area contributed by atoms with Gasteiger partial charge < -0.3 is 9.64 Å². The minimum atomic E-state index is 0.00847. The van der Waals surface area contributed by atoms with Crippen LogP contribution in [0, 0.1) is 11.3 Å². The number of amides is 1. The molecule has 18 heavy (non-hydrogen) atoms. The number of carbonyl (C=O) groups excluding carboxylic acids is 1. The van der Waals surface area contributed by atoms with Gasteiger partial charge in [-0.3, -0.25) is 4.79 Å². The lowest BCUT2D eigenvalue weighted by Crippen LogP contribution is -2.34. The quantitative estimate of drug-likeness (QED) is 0.761. The van der Waals surface area contributed by atoms with Crippen LogP contribution in [0.15, 0.2) is 11.4 Å². The van der Waals surface area contributed by atoms with E-state index in [4.69, 9.17) is 10.00 Å². The van der Waals surface area contributed by atoms with Crippen LogP contribution >= 0.6 is 11.3 Å². The van der Waals surface area contributed by atoms with Crippen molar-refractivity contribution in [1.29, 1.82) is 5.26 Å². The lowest BCUT2D eigenvalue weighted by atomic mass is 10.2. The van der Waals surface area contributed by atoms with Gasteiger partial charge in [-0.2, -0.15) is 5.26 Å². The van der Waals surface area contributed by atoms with E-state index in [1.807, 2.05) is 18.4 Å². The Balaban J connectivity index is 2.77. The third-order valence-corrected chi connectivity index (χ3v) is 3.61. The van der Waals surface area contributed by atoms with Gasteiger partial charge in [0.25, 0.3) is 5.91 Å². The van der Waals surface area contributed by atoms with Crippen molar-refractivity contribution in [1.82, 2.24) is 4.90 Å². The van der Waals surface area contributed by atoms with E-state index in [1.54, 1.807) is 12.0 Å². The molecule has 0 aliphatic heterocycles. The first-order chi connectivity index (χ1) is 8.74. The maximum Gasteiger partial charge on any atom is 0.264 e. The van der Waals surface area contributed by atoms with Gasteiger partial charge in [-0.15, -0.1) is 11.3 Å². The van der Waals surface area contributed by atoms with Gasteiger partial charge in [0, 0.05) is 20.2 Å². The number of hydrogen-bond acceptors (Lipinski definition) is 4. The monoisotopic (exact) mass is 266 g/mol. The van der Waals surface area contributed by atoms with Crippen LogP contribution in [0.4, 0.5) is 0 Å². The first kappa shape index (κ1) is 14.7. The minimum absolute atomic E-state index is 0.00847. The summed E-state index contributed by atoms with van der Waals surface area (Å²) >= 11 is 1.46. The molecule has 4 nitrogen and oxygen atoms in total. The van der Waals surface area contributed by atoms with E-state index in [1.165, 1.54) is 11.3 Å². The molecule has 1 rings (SSSR count). The average molecular weight is 266 g/mol. The molecule has 98 valence electrons. The predicted octanol–water partition coefficient (Wildman–Crippen LogP) is 2.31. The molecule has 0 fully saturated rings. The fourth-order valence-electron chi connectivity index (χ4n) is 1.65. The third-order valence-electron chi connectivity index (χ3n) is 2.67. The average Bonchev–Trinajstić information content (AvgIpc) is 2.86. The Morgan fingerprint density at radius 1 is 1.56 bits per heavy atom. The molecule has 1 heterocycles. The summed E-state index contributed by atoms with van der Waals surface area (Å²) in [5, 5.41) is 10.6. The maximum absolute atomic E-state index is 12.4. The van der Waals surface area contributed by atoms with Gasteiger partial charge in [0.15, 0.2) is 0 Å². The largest absolute Gasteiger partial charge is 0.383 e. The van der Waals surface area contributed by atoms with Crippen molar-refractivity contribution < 1.29 is 9.53 Å². The molecule has 0 saturated heterocycles. The van der Waals surface area contributed by atoms with Crippen LogP contribution in [0.25, 0.3) is 0 Å². The second-order valence-corrected chi connectivity index (χ2v) is 4.74. The van der Waals surface area contributed by atoms with E-state index in [2.05, 4.69) is 6.07 Å². The van der Waals surface area contributed by atoms with Gasteiger partial charge in [0.05, 0.1) is 24.0 Å². The van der Waals surface area contributed by atoms with E-state index in [0.717, 1.165) is 16.9 Å². The Kier molecular flexibility index (Phi) is 6.40. The second kappa shape index (κ2) is 7.85. The van der Waals surface area contributed by atoms with Crippen molar-refractivity contribution in [2.75, 3.05) is 26.8 Å². The van der Waals surface area contributed by atoms with Crippen LogP contribution in [0.1, 0.15) is 28.6 Å². The van der Waals surface area contributed by atoms with Gasteiger partial charge in [-0.1, -0.05) is 6.92 Å². The summed E-state index contributed by atoms with van der Waals surface area (Å²) < 4.78 is 5.00. The van der Waals surface area contributed by atoms with E-state index in [-0.39, 0.29) is 5.91 Å². The molecule has 0 saturated carbocycles. The minimum Gasteiger partial charge on any atom is -0.383 e. The Bertz CT molecular complexity index is 423. The highest BCUT2D eigenvalue weighted by atomic mass is 32.1. The molecular weight excluding hydrogens is 248 g/mol. The van der Waals surface area contributed by atoms with E-state index >= 15 is 0 Å². The second-order valence-electron chi connectivity index (χ2n) is 3.82. The number of carbonyl (C=O) groups is 1. The van der Waals surface area contributed by atoms with Crippen molar-refractivity contribution in [3.05, 3.63) is 21.9 Å². The van der Waals surface area contributed by atoms with Crippen LogP contribution in [-0.4, -0.2) is 37.6 Å². The molecule has 0 bridgehead atoms. The molecule has 0 N–H and O–H groups in total. The maximum atomic E-state index is 12.4. The fourth-order valence-corrected chi connectivity index (χ4v) is 2.61. The van der Waals surface area contributed by atoms with E-state index in [9.17, 15) is 4.79 Å². The van der Waals surface area contributed by atoms with Crippen LogP contribution in [0.3, 0.4) is 0 Å². The summed E-state index contributed by atoms with van der Waals surface area (Å²) in [4.78, 5) is 14.8. The van der Waals surface area contributed by atoms with Gasteiger partial charge in [0.2, 0.25) is 0 Å². The number of ether oxygens (including phenoxy) is 1. The summed E-state index contributed by atoms with van der Waals surface area (Å²) in [5.41, 5.74) is 1.07. The first-order valence-corrected chi connectivity index (χ1v) is 6.84. The number of methoxy groups -OCH3 is 1. The summed E-state index contributed by atoms with van der Waals surface area (Å²) in [6, 6.07) is 4.05. The molecular formula is C13H18N2O2S. The van der Waals surface area contributed by atoms with E-state index in [0.29, 0.717) is 26.1 Å². The third kappa shape index (κ3) is 3.83. The topological polar surface area (TPSA) is 53.3 Å². The highest BCUT2D eigenvalue weighted by molar-refractivity contribution is 7.12. The Hall–Kier alpha value is -1.38. The van der Waals surface area contributed by atoms with Gasteiger partial charge in [-0.25, -0.2) is 0 Å². The first-order valence-electron chi connectivity index (χ1n) is 5.96. The predicted molar refractivity (Wildman–Crippen MR) is 71.7 cm³/mol. The SMILES string of the molecule is CCc1ccsc1C(=O)N(CCC#N)CCOC. The summed E-state index contributed by atoms with van der Waals surface area (Å²) in [6.45, 7) is 3.51. The summed E-state index contributed by atoms with van der Waals surface area (Å²) in [6.07, 6.45) is 1.20. The van der Waals surface area contributed by atoms with Crippen molar-refractivity contribution in [2.45, 2.75) is 19.8 Å². The smallest absolute Gasteiger partial charge is 0.264 e. The molecule has 0 atom stereocenters. The standard InChI is InChI=1S/C13H18N2O2S/c1-3-11-5-10-18-12(11)13(16)15(7-4-6-14)8-9-17-2/h5,10H,3-4,7-9H2,1-2H3. The molecule has 0 aliphatic carbocycles. The lowest BCUT2D eigenvalue weighted by Gasteiger charge is -2.21. The Labute approximate surface area is 112 Å². The van der Waals surface area contributed by atoms with E-state index < -0.39 is 0 Å². The molecule has 0 aliphatic rings. The molecule has 5 heteroatoms. The molecule has 0 radical (unpaired) electrons. The van der Waals surface area contributed by atoms with Crippen molar-refractivity contribution in [2.24, 2.45) is 0 Å². The van der Waals surface area contributed by atoms with Crippen LogP contribution < -0.4 is 0 Å². The fraction of sp³-hybridized carbons (Fsp3) is 0.538.